The van der Waals surface area contributed by atoms with E-state index in [-0.39, 0.29) is 0 Å². The molecule has 0 bridgehead atoms. The van der Waals surface area contributed by atoms with Gasteiger partial charge in [0.1, 0.15) is 11.6 Å². The molecule has 5 heteroatoms. The van der Waals surface area contributed by atoms with E-state index in [0.29, 0.717) is 19.6 Å². The van der Waals surface area contributed by atoms with E-state index in [1.54, 1.807) is 0 Å². The maximum Gasteiger partial charge on any atom is 0.207 e. The molecule has 124 valence electrons. The third kappa shape index (κ3) is 3.74. The first-order valence-electron chi connectivity index (χ1n) is 8.08. The Kier molecular flexibility index (Phi) is 5.11. The molecule has 0 aliphatic rings. The van der Waals surface area contributed by atoms with Crippen LogP contribution in [0, 0.1) is 6.92 Å². The van der Waals surface area contributed by atoms with Crippen molar-refractivity contribution in [2.24, 2.45) is 0 Å². The van der Waals surface area contributed by atoms with Crippen molar-refractivity contribution in [1.29, 1.82) is 0 Å². The molecule has 0 saturated carbocycles. The van der Waals surface area contributed by atoms with Crippen LogP contribution in [0.5, 0.6) is 5.75 Å². The zero-order valence-corrected chi connectivity index (χ0v) is 13.7. The van der Waals surface area contributed by atoms with Crippen molar-refractivity contribution in [3.8, 4) is 5.75 Å². The third-order valence-corrected chi connectivity index (χ3v) is 3.86. The van der Waals surface area contributed by atoms with E-state index in [9.17, 15) is 4.79 Å². The lowest BCUT2D eigenvalue weighted by atomic mass is 10.2. The van der Waals surface area contributed by atoms with Crippen LogP contribution in [0.15, 0.2) is 48.5 Å². The Balaban J connectivity index is 1.66. The number of rotatable bonds is 8. The lowest BCUT2D eigenvalue weighted by molar-refractivity contribution is -0.109. The molecule has 5 nitrogen and oxygen atoms in total. The second-order valence-electron chi connectivity index (χ2n) is 5.69. The normalized spacial score (nSPS) is 10.7. The largest absolute Gasteiger partial charge is 0.494 e. The first kappa shape index (κ1) is 16.1. The maximum atomic E-state index is 10.6. The second-order valence-corrected chi connectivity index (χ2v) is 5.69. The van der Waals surface area contributed by atoms with E-state index in [4.69, 9.17) is 4.74 Å². The molecule has 0 aliphatic heterocycles. The second kappa shape index (κ2) is 7.64. The molecule has 3 rings (SSSR count). The molecule has 1 aromatic heterocycles. The van der Waals surface area contributed by atoms with Crippen LogP contribution in [-0.2, 0) is 17.9 Å². The van der Waals surface area contributed by atoms with Crippen molar-refractivity contribution in [1.82, 2.24) is 14.9 Å². The number of aromatic nitrogens is 2. The number of nitrogens with one attached hydrogen (secondary N) is 1. The van der Waals surface area contributed by atoms with Crippen LogP contribution in [0.3, 0.4) is 0 Å². The molecular formula is C19H21N3O2. The number of ether oxygens (including phenoxy) is 1. The van der Waals surface area contributed by atoms with Crippen LogP contribution >= 0.6 is 0 Å². The van der Waals surface area contributed by atoms with Gasteiger partial charge in [-0.25, -0.2) is 4.98 Å². The zero-order valence-electron chi connectivity index (χ0n) is 13.7. The van der Waals surface area contributed by atoms with Crippen LogP contribution in [0.25, 0.3) is 11.0 Å². The van der Waals surface area contributed by atoms with Crippen molar-refractivity contribution in [2.45, 2.75) is 26.4 Å². The van der Waals surface area contributed by atoms with Gasteiger partial charge in [0.2, 0.25) is 6.41 Å². The van der Waals surface area contributed by atoms with Crippen LogP contribution in [0.2, 0.25) is 0 Å². The average molecular weight is 323 g/mol. The Morgan fingerprint density at radius 3 is 2.92 bits per heavy atom. The van der Waals surface area contributed by atoms with Crippen molar-refractivity contribution >= 4 is 17.4 Å². The van der Waals surface area contributed by atoms with Gasteiger partial charge in [-0.15, -0.1) is 0 Å². The minimum absolute atomic E-state index is 0.427. The predicted octanol–water partition coefficient (Wildman–Crippen LogP) is 3.06. The van der Waals surface area contributed by atoms with Gasteiger partial charge in [0.15, 0.2) is 0 Å². The molecule has 3 aromatic rings. The zero-order chi connectivity index (χ0) is 16.8. The van der Waals surface area contributed by atoms with Crippen LogP contribution in [-0.4, -0.2) is 22.6 Å². The van der Waals surface area contributed by atoms with Gasteiger partial charge < -0.3 is 14.6 Å². The van der Waals surface area contributed by atoms with Crippen LogP contribution < -0.4 is 10.1 Å². The number of aryl methyl sites for hydroxylation is 2. The monoisotopic (exact) mass is 323 g/mol. The molecule has 1 amide bonds. The van der Waals surface area contributed by atoms with Crippen molar-refractivity contribution in [2.75, 3.05) is 6.61 Å². The number of hydrogen-bond donors (Lipinski definition) is 1. The summed E-state index contributed by atoms with van der Waals surface area (Å²) in [5.74, 6) is 1.76. The third-order valence-electron chi connectivity index (χ3n) is 3.86. The number of carbonyl (C=O) groups excluding carboxylic acids is 1. The first-order valence-corrected chi connectivity index (χ1v) is 8.08. The summed E-state index contributed by atoms with van der Waals surface area (Å²) in [6.45, 7) is 3.91. The topological polar surface area (TPSA) is 56.1 Å². The minimum atomic E-state index is 0.427. The number of fused-ring (bicyclic) bond motifs is 1. The number of hydrogen-bond acceptors (Lipinski definition) is 3. The standard InChI is InChI=1S/C19H21N3O2/c1-15-6-4-7-16(12-15)24-11-5-10-22-18-9-3-2-8-17(18)21-19(22)13-20-14-23/h2-4,6-9,12,14H,5,10-11,13H2,1H3,(H,20,23). The summed E-state index contributed by atoms with van der Waals surface area (Å²) >= 11 is 0. The Labute approximate surface area is 141 Å². The quantitative estimate of drug-likeness (QED) is 0.512. The SMILES string of the molecule is Cc1cccc(OCCCn2c(CNC=O)nc3ccccc32)c1. The van der Waals surface area contributed by atoms with Gasteiger partial charge >= 0.3 is 0 Å². The molecule has 24 heavy (non-hydrogen) atoms. The summed E-state index contributed by atoms with van der Waals surface area (Å²) in [6.07, 6.45) is 1.56. The number of imidazole rings is 1. The highest BCUT2D eigenvalue weighted by atomic mass is 16.5. The van der Waals surface area contributed by atoms with Gasteiger partial charge in [0, 0.05) is 6.54 Å². The lowest BCUT2D eigenvalue weighted by Crippen LogP contribution is -2.16. The number of nitrogens with zero attached hydrogens (tertiary/aromatic N) is 2. The Morgan fingerprint density at radius 2 is 2.08 bits per heavy atom. The van der Waals surface area contributed by atoms with Gasteiger partial charge in [0.25, 0.3) is 0 Å². The number of para-hydroxylation sites is 2. The number of carbonyl (C=O) groups is 1. The van der Waals surface area contributed by atoms with Gasteiger partial charge in [-0.2, -0.15) is 0 Å². The van der Waals surface area contributed by atoms with Crippen molar-refractivity contribution in [3.05, 3.63) is 59.9 Å². The van der Waals surface area contributed by atoms with Gasteiger partial charge in [-0.3, -0.25) is 4.79 Å². The maximum absolute atomic E-state index is 10.6. The Hall–Kier alpha value is -2.82. The van der Waals surface area contributed by atoms with Gasteiger partial charge in [-0.05, 0) is 43.2 Å². The molecule has 0 unspecified atom stereocenters. The first-order chi connectivity index (χ1) is 11.8. The van der Waals surface area contributed by atoms with Crippen molar-refractivity contribution in [3.63, 3.8) is 0 Å². The molecule has 0 radical (unpaired) electrons. The fourth-order valence-corrected chi connectivity index (χ4v) is 2.76. The molecule has 0 fully saturated rings. The minimum Gasteiger partial charge on any atom is -0.494 e. The molecule has 0 atom stereocenters. The Morgan fingerprint density at radius 1 is 1.21 bits per heavy atom. The van der Waals surface area contributed by atoms with E-state index >= 15 is 0 Å². The summed E-state index contributed by atoms with van der Waals surface area (Å²) in [6, 6.07) is 16.1. The lowest BCUT2D eigenvalue weighted by Gasteiger charge is -2.10. The smallest absolute Gasteiger partial charge is 0.207 e. The fourth-order valence-electron chi connectivity index (χ4n) is 2.76. The molecule has 0 spiro atoms. The number of amides is 1. The highest BCUT2D eigenvalue weighted by Crippen LogP contribution is 2.17. The van der Waals surface area contributed by atoms with E-state index < -0.39 is 0 Å². The molecule has 1 heterocycles. The van der Waals surface area contributed by atoms with E-state index in [2.05, 4.69) is 27.9 Å². The predicted molar refractivity (Wildman–Crippen MR) is 93.9 cm³/mol. The van der Waals surface area contributed by atoms with E-state index in [0.717, 1.165) is 35.6 Å². The molecule has 0 aliphatic carbocycles. The van der Waals surface area contributed by atoms with Crippen molar-refractivity contribution < 1.29 is 9.53 Å². The van der Waals surface area contributed by atoms with Crippen LogP contribution in [0.4, 0.5) is 0 Å². The molecule has 0 saturated heterocycles. The number of benzene rings is 2. The van der Waals surface area contributed by atoms with Crippen LogP contribution in [0.1, 0.15) is 17.8 Å². The van der Waals surface area contributed by atoms with Gasteiger partial charge in [0.05, 0.1) is 24.2 Å². The summed E-state index contributed by atoms with van der Waals surface area (Å²) in [5, 5.41) is 2.69. The fraction of sp³-hybridized carbons (Fsp3) is 0.263. The highest BCUT2D eigenvalue weighted by Gasteiger charge is 2.09. The van der Waals surface area contributed by atoms with E-state index in [1.807, 2.05) is 42.5 Å². The molecule has 2 aromatic carbocycles. The molecule has 1 N–H and O–H groups in total. The summed E-state index contributed by atoms with van der Waals surface area (Å²) < 4.78 is 7.96. The van der Waals surface area contributed by atoms with E-state index in [1.165, 1.54) is 5.56 Å². The summed E-state index contributed by atoms with van der Waals surface area (Å²) in [7, 11) is 0. The summed E-state index contributed by atoms with van der Waals surface area (Å²) in [4.78, 5) is 15.2. The summed E-state index contributed by atoms with van der Waals surface area (Å²) in [5.41, 5.74) is 3.21. The highest BCUT2D eigenvalue weighted by molar-refractivity contribution is 5.75. The molecular weight excluding hydrogens is 302 g/mol. The Bertz CT molecular complexity index is 826. The van der Waals surface area contributed by atoms with Gasteiger partial charge in [-0.1, -0.05) is 24.3 Å². The average Bonchev–Trinajstić information content (AvgIpc) is 2.94.